The Morgan fingerprint density at radius 1 is 0.451 bits per heavy atom. The fourth-order valence-electron chi connectivity index (χ4n) is 6.72. The number of hydrogen-bond donors (Lipinski definition) is 2. The van der Waals surface area contributed by atoms with Gasteiger partial charge in [-0.2, -0.15) is 8.42 Å². The molecule has 51 heavy (non-hydrogen) atoms. The van der Waals surface area contributed by atoms with E-state index >= 15 is 0 Å². The first-order valence-corrected chi connectivity index (χ1v) is 23.6. The van der Waals surface area contributed by atoms with Gasteiger partial charge in [0.2, 0.25) is 0 Å². The molecule has 4 aromatic carbocycles. The predicted octanol–water partition coefficient (Wildman–Crippen LogP) is 10.2. The van der Waals surface area contributed by atoms with Crippen LogP contribution < -0.4 is 27.0 Å². The van der Waals surface area contributed by atoms with Crippen molar-refractivity contribution in [1.29, 1.82) is 0 Å². The summed E-state index contributed by atoms with van der Waals surface area (Å²) in [6.45, 7) is 0.817. The van der Waals surface area contributed by atoms with E-state index in [0.29, 0.717) is 12.6 Å². The fraction of sp³-hybridized carbons (Fsp3) is 0.409. The summed E-state index contributed by atoms with van der Waals surface area (Å²) in [7, 11) is -6.39. The summed E-state index contributed by atoms with van der Waals surface area (Å²) in [5, 5.41) is 4.64. The Kier molecular flexibility index (Phi) is 19.2. The van der Waals surface area contributed by atoms with Gasteiger partial charge >= 0.3 is 0 Å². The highest BCUT2D eigenvalue weighted by molar-refractivity contribution is 7.91. The zero-order valence-corrected chi connectivity index (χ0v) is 33.0. The lowest BCUT2D eigenvalue weighted by atomic mass is 10.0. The maximum absolute atomic E-state index is 13.5. The minimum atomic E-state index is -4.45. The van der Waals surface area contributed by atoms with Gasteiger partial charge in [0, 0.05) is 6.16 Å². The summed E-state index contributed by atoms with van der Waals surface area (Å²) < 4.78 is 38.0. The molecule has 0 aliphatic carbocycles. The molecule has 0 amide bonds. The van der Waals surface area contributed by atoms with Crippen LogP contribution >= 0.6 is 15.8 Å². The summed E-state index contributed by atoms with van der Waals surface area (Å²) >= 11 is 0. The largest absolute Gasteiger partial charge is 0.330 e. The molecule has 0 saturated heterocycles. The molecule has 0 aromatic heterocycles. The van der Waals surface area contributed by atoms with Gasteiger partial charge < -0.3 is 5.73 Å². The Morgan fingerprint density at radius 2 is 0.745 bits per heavy atom. The van der Waals surface area contributed by atoms with Gasteiger partial charge in [-0.3, -0.25) is 4.55 Å². The molecule has 0 aliphatic rings. The van der Waals surface area contributed by atoms with Crippen LogP contribution in [0.2, 0.25) is 0 Å². The van der Waals surface area contributed by atoms with Gasteiger partial charge in [-0.05, 0) is 74.6 Å². The maximum Gasteiger partial charge on any atom is 0.290 e. The maximum atomic E-state index is 13.5. The lowest BCUT2D eigenvalue weighted by Gasteiger charge is -2.25. The second kappa shape index (κ2) is 23.8. The number of allylic oxidation sites excluding steroid dienone is 2. The standard InChI is InChI=1S/C44H59NO3P2S/c45-36-26-12-10-8-6-4-2-1-3-5-7-9-11-17-27-39(37-49(40-28-18-13-19-29-40)41-30-20-14-21-31-41)44(51(46,47)48)38-50(42-32-22-15-23-33-42)43-34-24-16-25-35-43/h13-16,18-25,28-35H,1-12,17,26-27,36-38,45H2,(H,46,47,48). The Labute approximate surface area is 311 Å². The molecular weight excluding hydrogens is 685 g/mol. The first-order valence-electron chi connectivity index (χ1n) is 19.1. The molecule has 4 rings (SSSR count). The van der Waals surface area contributed by atoms with E-state index < -0.39 is 26.0 Å². The third-order valence-electron chi connectivity index (χ3n) is 9.56. The molecule has 0 heterocycles. The van der Waals surface area contributed by atoms with Crippen LogP contribution in [-0.2, 0) is 10.1 Å². The van der Waals surface area contributed by atoms with Crippen molar-refractivity contribution in [2.75, 3.05) is 18.9 Å². The summed E-state index contributed by atoms with van der Waals surface area (Å²) in [5.74, 6) is 0. The van der Waals surface area contributed by atoms with Crippen LogP contribution in [0.25, 0.3) is 0 Å². The smallest absolute Gasteiger partial charge is 0.290 e. The summed E-state index contributed by atoms with van der Waals surface area (Å²) in [6, 6.07) is 41.4. The van der Waals surface area contributed by atoms with E-state index in [4.69, 9.17) is 5.73 Å². The first kappa shape index (κ1) is 41.1. The molecule has 0 bridgehead atoms. The molecule has 0 saturated carbocycles. The molecule has 0 fully saturated rings. The van der Waals surface area contributed by atoms with Crippen molar-refractivity contribution in [1.82, 2.24) is 0 Å². The van der Waals surface area contributed by atoms with Crippen LogP contribution in [-0.4, -0.2) is 31.8 Å². The second-order valence-corrected chi connectivity index (χ2v) is 19.4. The molecule has 4 nitrogen and oxygen atoms in total. The van der Waals surface area contributed by atoms with Gasteiger partial charge in [0.1, 0.15) is 0 Å². The summed E-state index contributed by atoms with van der Waals surface area (Å²) in [6.07, 6.45) is 18.9. The minimum absolute atomic E-state index is 0.222. The van der Waals surface area contributed by atoms with Gasteiger partial charge in [0.25, 0.3) is 10.1 Å². The van der Waals surface area contributed by atoms with Gasteiger partial charge in [0.15, 0.2) is 0 Å². The monoisotopic (exact) mass is 743 g/mol. The van der Waals surface area contributed by atoms with Crippen molar-refractivity contribution in [3.63, 3.8) is 0 Å². The summed E-state index contributed by atoms with van der Waals surface area (Å²) in [5.41, 5.74) is 6.48. The Morgan fingerprint density at radius 3 is 1.06 bits per heavy atom. The molecule has 0 atom stereocenters. The zero-order chi connectivity index (χ0) is 36.0. The molecule has 274 valence electrons. The van der Waals surface area contributed by atoms with Crippen LogP contribution in [0.3, 0.4) is 0 Å². The Bertz CT molecular complexity index is 1560. The molecular formula is C44H59NO3P2S. The van der Waals surface area contributed by atoms with Crippen LogP contribution in [0.4, 0.5) is 0 Å². The third kappa shape index (κ3) is 15.1. The minimum Gasteiger partial charge on any atom is -0.330 e. The second-order valence-electron chi connectivity index (χ2n) is 13.5. The van der Waals surface area contributed by atoms with E-state index in [9.17, 15) is 13.0 Å². The molecule has 3 N–H and O–H groups in total. The van der Waals surface area contributed by atoms with Crippen LogP contribution in [0.1, 0.15) is 96.3 Å². The van der Waals surface area contributed by atoms with Gasteiger partial charge in [-0.1, -0.05) is 198 Å². The average molecular weight is 744 g/mol. The van der Waals surface area contributed by atoms with E-state index in [-0.39, 0.29) is 11.1 Å². The SMILES string of the molecule is NCCCCCCCCCCCCCCCCC(CP(c1ccccc1)c1ccccc1)=C(CP(c1ccccc1)c1ccccc1)S(=O)(=O)O. The Balaban J connectivity index is 1.49. The molecule has 4 aromatic rings. The lowest BCUT2D eigenvalue weighted by molar-refractivity contribution is 0.490. The normalized spacial score (nSPS) is 12.4. The predicted molar refractivity (Wildman–Crippen MR) is 225 cm³/mol. The zero-order valence-electron chi connectivity index (χ0n) is 30.4. The van der Waals surface area contributed by atoms with Crippen LogP contribution in [0.15, 0.2) is 132 Å². The van der Waals surface area contributed by atoms with E-state index in [2.05, 4.69) is 72.8 Å². The average Bonchev–Trinajstić information content (AvgIpc) is 3.16. The number of nitrogens with two attached hydrogens (primary N) is 1. The molecule has 0 unspecified atom stereocenters. The molecule has 0 spiro atoms. The number of unbranched alkanes of at least 4 members (excludes halogenated alkanes) is 13. The van der Waals surface area contributed by atoms with Gasteiger partial charge in [0.05, 0.1) is 4.91 Å². The van der Waals surface area contributed by atoms with Crippen LogP contribution in [0, 0.1) is 0 Å². The first-order chi connectivity index (χ1) is 25.0. The fourth-order valence-corrected chi connectivity index (χ4v) is 13.1. The molecule has 0 aliphatic heterocycles. The quantitative estimate of drug-likeness (QED) is 0.0402. The Hall–Kier alpha value is -2.65. The van der Waals surface area contributed by atoms with E-state index in [1.54, 1.807) is 0 Å². The van der Waals surface area contributed by atoms with Gasteiger partial charge in [-0.25, -0.2) is 0 Å². The molecule has 7 heteroatoms. The van der Waals surface area contributed by atoms with Crippen LogP contribution in [0.5, 0.6) is 0 Å². The lowest BCUT2D eigenvalue weighted by Crippen LogP contribution is -2.21. The number of rotatable bonds is 25. The highest BCUT2D eigenvalue weighted by Gasteiger charge is 2.27. The highest BCUT2D eigenvalue weighted by atomic mass is 32.2. The van der Waals surface area contributed by atoms with Crippen molar-refractivity contribution >= 4 is 47.2 Å². The number of benzene rings is 4. The van der Waals surface area contributed by atoms with Crippen molar-refractivity contribution in [3.8, 4) is 0 Å². The summed E-state index contributed by atoms with van der Waals surface area (Å²) in [4.78, 5) is 0.222. The third-order valence-corrected chi connectivity index (χ3v) is 15.8. The van der Waals surface area contributed by atoms with Crippen molar-refractivity contribution in [3.05, 3.63) is 132 Å². The van der Waals surface area contributed by atoms with Crippen molar-refractivity contribution in [2.24, 2.45) is 5.73 Å². The topological polar surface area (TPSA) is 80.4 Å². The molecule has 0 radical (unpaired) electrons. The highest BCUT2D eigenvalue weighted by Crippen LogP contribution is 2.43. The van der Waals surface area contributed by atoms with Gasteiger partial charge in [-0.15, -0.1) is 0 Å². The van der Waals surface area contributed by atoms with Crippen molar-refractivity contribution in [2.45, 2.75) is 96.3 Å². The number of hydrogen-bond acceptors (Lipinski definition) is 3. The van der Waals surface area contributed by atoms with E-state index in [1.807, 2.05) is 48.5 Å². The van der Waals surface area contributed by atoms with Crippen molar-refractivity contribution < 1.29 is 13.0 Å². The van der Waals surface area contributed by atoms with E-state index in [0.717, 1.165) is 48.4 Å². The van der Waals surface area contributed by atoms with E-state index in [1.165, 1.54) is 74.8 Å².